The Morgan fingerprint density at radius 3 is 2.23 bits per heavy atom. The summed E-state index contributed by atoms with van der Waals surface area (Å²) in [6.45, 7) is 0. The lowest BCUT2D eigenvalue weighted by Gasteiger charge is -2.19. The number of fused-ring (bicyclic) bond motifs is 9. The molecule has 184 valence electrons. The van der Waals surface area contributed by atoms with Gasteiger partial charge < -0.3 is 4.57 Å². The van der Waals surface area contributed by atoms with Crippen LogP contribution in [0.1, 0.15) is 17.0 Å². The van der Waals surface area contributed by atoms with E-state index in [4.69, 9.17) is 0 Å². The van der Waals surface area contributed by atoms with Crippen LogP contribution in [0.25, 0.3) is 53.2 Å². The van der Waals surface area contributed by atoms with E-state index in [1.165, 1.54) is 69.3 Å². The molecule has 0 saturated carbocycles. The Hall–Kier alpha value is -4.05. The lowest BCUT2D eigenvalue weighted by molar-refractivity contribution is 0.883. The smallest absolute Gasteiger partial charge is 0.0541 e. The highest BCUT2D eigenvalue weighted by Gasteiger charge is 2.32. The molecule has 1 nitrogen and oxygen atoms in total. The standard InChI is InChI=1S/C36H23NS2/c1-4-10-31-25(7-1)26-8-2-5-11-32(26)37(31)24-15-17-29-30-19-22(14-18-34(30)39-36(29)21-24)23-13-16-28-27-9-3-6-12-33(27)38-35(28)20-23/h1-21,28,35H. The maximum absolute atomic E-state index is 2.48. The van der Waals surface area contributed by atoms with E-state index < -0.39 is 0 Å². The molecular formula is C36H23NS2. The maximum Gasteiger partial charge on any atom is 0.0541 e. The zero-order valence-corrected chi connectivity index (χ0v) is 22.7. The maximum atomic E-state index is 2.48. The molecule has 2 aliphatic rings. The van der Waals surface area contributed by atoms with Crippen molar-refractivity contribution in [3.05, 3.63) is 139 Å². The first kappa shape index (κ1) is 21.8. The molecule has 0 radical (unpaired) electrons. The monoisotopic (exact) mass is 533 g/mol. The summed E-state index contributed by atoms with van der Waals surface area (Å²) in [5, 5.41) is 5.76. The van der Waals surface area contributed by atoms with Crippen LogP contribution in [0.3, 0.4) is 0 Å². The predicted molar refractivity (Wildman–Crippen MR) is 170 cm³/mol. The number of aromatic nitrogens is 1. The Morgan fingerprint density at radius 2 is 1.38 bits per heavy atom. The Bertz CT molecular complexity index is 2120. The molecule has 0 bridgehead atoms. The van der Waals surface area contributed by atoms with Crippen LogP contribution in [-0.4, -0.2) is 9.82 Å². The zero-order chi connectivity index (χ0) is 25.5. The third kappa shape index (κ3) is 3.21. The number of rotatable bonds is 2. The van der Waals surface area contributed by atoms with Crippen LogP contribution in [-0.2, 0) is 0 Å². The van der Waals surface area contributed by atoms with Crippen molar-refractivity contribution in [3.63, 3.8) is 0 Å². The largest absolute Gasteiger partial charge is 0.309 e. The Labute approximate surface area is 234 Å². The van der Waals surface area contributed by atoms with Crippen molar-refractivity contribution in [2.24, 2.45) is 0 Å². The van der Waals surface area contributed by atoms with E-state index in [0.717, 1.165) is 0 Å². The topological polar surface area (TPSA) is 4.93 Å². The lowest BCUT2D eigenvalue weighted by atomic mass is 9.88. The van der Waals surface area contributed by atoms with E-state index in [1.54, 1.807) is 0 Å². The first-order valence-corrected chi connectivity index (χ1v) is 15.1. The molecule has 1 aliphatic heterocycles. The van der Waals surface area contributed by atoms with Gasteiger partial charge in [0.1, 0.15) is 0 Å². The predicted octanol–water partition coefficient (Wildman–Crippen LogP) is 10.4. The van der Waals surface area contributed by atoms with Crippen molar-refractivity contribution < 1.29 is 0 Å². The van der Waals surface area contributed by atoms with Gasteiger partial charge >= 0.3 is 0 Å². The van der Waals surface area contributed by atoms with Crippen molar-refractivity contribution in [2.75, 3.05) is 0 Å². The first-order valence-electron chi connectivity index (χ1n) is 13.4. The Morgan fingerprint density at radius 1 is 0.615 bits per heavy atom. The average molecular weight is 534 g/mol. The van der Waals surface area contributed by atoms with Gasteiger partial charge in [-0.15, -0.1) is 23.1 Å². The second kappa shape index (κ2) is 8.22. The summed E-state index contributed by atoms with van der Waals surface area (Å²) in [5.41, 5.74) is 7.83. The molecule has 3 heterocycles. The zero-order valence-electron chi connectivity index (χ0n) is 21.0. The Balaban J connectivity index is 1.15. The summed E-state index contributed by atoms with van der Waals surface area (Å²) in [5.74, 6) is 0.486. The van der Waals surface area contributed by atoms with Gasteiger partial charge in [-0.1, -0.05) is 85.0 Å². The molecule has 0 saturated heterocycles. The van der Waals surface area contributed by atoms with E-state index in [1.807, 2.05) is 23.1 Å². The number of allylic oxidation sites excluding steroid dienone is 3. The number of para-hydroxylation sites is 2. The molecule has 9 rings (SSSR count). The van der Waals surface area contributed by atoms with E-state index in [2.05, 4.69) is 132 Å². The summed E-state index contributed by atoms with van der Waals surface area (Å²) in [6.07, 6.45) is 7.22. The van der Waals surface area contributed by atoms with Crippen molar-refractivity contribution in [2.45, 2.75) is 16.1 Å². The van der Waals surface area contributed by atoms with Crippen LogP contribution in [0.15, 0.2) is 132 Å². The minimum Gasteiger partial charge on any atom is -0.309 e. The molecule has 0 amide bonds. The summed E-state index contributed by atoms with van der Waals surface area (Å²) >= 11 is 3.89. The molecule has 0 spiro atoms. The molecule has 1 aliphatic carbocycles. The van der Waals surface area contributed by atoms with Gasteiger partial charge in [0.15, 0.2) is 0 Å². The highest BCUT2D eigenvalue weighted by Crippen LogP contribution is 2.49. The summed E-state index contributed by atoms with van der Waals surface area (Å²) in [6, 6.07) is 40.3. The van der Waals surface area contributed by atoms with Gasteiger partial charge in [-0.25, -0.2) is 0 Å². The number of hydrogen-bond acceptors (Lipinski definition) is 2. The van der Waals surface area contributed by atoms with Gasteiger partial charge in [-0.2, -0.15) is 0 Å². The lowest BCUT2D eigenvalue weighted by Crippen LogP contribution is -2.08. The molecule has 7 aromatic rings. The summed E-state index contributed by atoms with van der Waals surface area (Å²) in [7, 11) is 0. The number of hydrogen-bond donors (Lipinski definition) is 0. The number of thioether (sulfide) groups is 1. The first-order chi connectivity index (χ1) is 19.3. The number of nitrogens with zero attached hydrogens (tertiary/aromatic N) is 1. The average Bonchev–Trinajstić information content (AvgIpc) is 3.65. The van der Waals surface area contributed by atoms with Crippen molar-refractivity contribution in [1.29, 1.82) is 0 Å². The van der Waals surface area contributed by atoms with Crippen LogP contribution in [0.4, 0.5) is 0 Å². The van der Waals surface area contributed by atoms with E-state index in [0.29, 0.717) is 11.2 Å². The van der Waals surface area contributed by atoms with Gasteiger partial charge in [0, 0.05) is 52.7 Å². The van der Waals surface area contributed by atoms with E-state index >= 15 is 0 Å². The van der Waals surface area contributed by atoms with Crippen LogP contribution in [0.2, 0.25) is 0 Å². The molecule has 3 heteroatoms. The van der Waals surface area contributed by atoms with Crippen molar-refractivity contribution in [3.8, 4) is 5.69 Å². The molecular weight excluding hydrogens is 511 g/mol. The highest BCUT2D eigenvalue weighted by molar-refractivity contribution is 8.00. The third-order valence-corrected chi connectivity index (χ3v) is 10.8. The van der Waals surface area contributed by atoms with Crippen LogP contribution >= 0.6 is 23.1 Å². The summed E-state index contributed by atoms with van der Waals surface area (Å²) in [4.78, 5) is 1.42. The molecule has 0 N–H and O–H groups in total. The summed E-state index contributed by atoms with van der Waals surface area (Å²) < 4.78 is 5.08. The number of benzene rings is 5. The van der Waals surface area contributed by atoms with E-state index in [9.17, 15) is 0 Å². The second-order valence-corrected chi connectivity index (χ2v) is 12.8. The van der Waals surface area contributed by atoms with Crippen LogP contribution in [0.5, 0.6) is 0 Å². The van der Waals surface area contributed by atoms with Gasteiger partial charge in [-0.3, -0.25) is 0 Å². The Kier molecular flexibility index (Phi) is 4.60. The fourth-order valence-corrected chi connectivity index (χ4v) is 9.04. The third-order valence-electron chi connectivity index (χ3n) is 8.35. The van der Waals surface area contributed by atoms with Gasteiger partial charge in [0.25, 0.3) is 0 Å². The molecule has 2 atom stereocenters. The van der Waals surface area contributed by atoms with Crippen LogP contribution in [0, 0.1) is 0 Å². The quantitative estimate of drug-likeness (QED) is 0.214. The molecule has 0 fully saturated rings. The van der Waals surface area contributed by atoms with Crippen molar-refractivity contribution >= 4 is 70.6 Å². The minimum atomic E-state index is 0.478. The fourth-order valence-electron chi connectivity index (χ4n) is 6.53. The minimum absolute atomic E-state index is 0.478. The normalized spacial score (nSPS) is 18.2. The molecule has 5 aromatic carbocycles. The fraction of sp³-hybridized carbons (Fsp3) is 0.0556. The molecule has 39 heavy (non-hydrogen) atoms. The van der Waals surface area contributed by atoms with Gasteiger partial charge in [-0.05, 0) is 59.2 Å². The highest BCUT2D eigenvalue weighted by atomic mass is 32.2. The van der Waals surface area contributed by atoms with Gasteiger partial charge in [0.2, 0.25) is 0 Å². The number of thiophene rings is 1. The van der Waals surface area contributed by atoms with Gasteiger partial charge in [0.05, 0.1) is 11.0 Å². The van der Waals surface area contributed by atoms with E-state index in [-0.39, 0.29) is 0 Å². The molecule has 2 aromatic heterocycles. The molecule has 2 unspecified atom stereocenters. The SMILES string of the molecule is C1=CC2c3ccccc3SC2C=C1c1ccc2sc3cc(-n4c5ccccc5c5ccccc54)ccc3c2c1. The van der Waals surface area contributed by atoms with Crippen LogP contribution < -0.4 is 0 Å². The van der Waals surface area contributed by atoms with Crippen molar-refractivity contribution in [1.82, 2.24) is 4.57 Å². The second-order valence-electron chi connectivity index (χ2n) is 10.5.